The van der Waals surface area contributed by atoms with Crippen LogP contribution in [-0.2, 0) is 20.1 Å². The van der Waals surface area contributed by atoms with Crippen molar-refractivity contribution in [2.24, 2.45) is 7.05 Å². The molecule has 1 heterocycles. The second-order valence-electron chi connectivity index (χ2n) is 4.83. The molecule has 102 valence electrons. The van der Waals surface area contributed by atoms with Crippen LogP contribution >= 0.6 is 23.2 Å². The highest BCUT2D eigenvalue weighted by atomic mass is 35.5. The normalized spacial score (nSPS) is 11.3. The van der Waals surface area contributed by atoms with Crippen LogP contribution in [0.3, 0.4) is 0 Å². The Bertz CT molecular complexity index is 578. The summed E-state index contributed by atoms with van der Waals surface area (Å²) >= 11 is 11.9. The third kappa shape index (κ3) is 3.72. The first kappa shape index (κ1) is 14.4. The van der Waals surface area contributed by atoms with Crippen LogP contribution < -0.4 is 0 Å². The summed E-state index contributed by atoms with van der Waals surface area (Å²) in [4.78, 5) is 2.23. The maximum atomic E-state index is 6.02. The van der Waals surface area contributed by atoms with Crippen LogP contribution in [0, 0.1) is 6.92 Å². The average Bonchev–Trinajstić information content (AvgIpc) is 2.62. The van der Waals surface area contributed by atoms with Gasteiger partial charge in [-0.25, -0.2) is 0 Å². The lowest BCUT2D eigenvalue weighted by Gasteiger charge is -2.16. The first-order chi connectivity index (χ1) is 8.95. The molecule has 0 aliphatic rings. The van der Waals surface area contributed by atoms with Gasteiger partial charge in [0.05, 0.1) is 15.7 Å². The van der Waals surface area contributed by atoms with Gasteiger partial charge in [-0.2, -0.15) is 5.10 Å². The van der Waals surface area contributed by atoms with Gasteiger partial charge in [0.15, 0.2) is 0 Å². The SMILES string of the molecule is Cc1nn(C)cc1CN(C)Cc1ccc(Cl)c(Cl)c1. The number of aryl methyl sites for hydroxylation is 2. The van der Waals surface area contributed by atoms with Gasteiger partial charge in [0.2, 0.25) is 0 Å². The molecule has 0 amide bonds. The summed E-state index contributed by atoms with van der Waals surface area (Å²) in [5.41, 5.74) is 3.46. The molecule has 1 aromatic carbocycles. The van der Waals surface area contributed by atoms with Gasteiger partial charge in [0.25, 0.3) is 0 Å². The van der Waals surface area contributed by atoms with E-state index < -0.39 is 0 Å². The monoisotopic (exact) mass is 297 g/mol. The molecule has 3 nitrogen and oxygen atoms in total. The summed E-state index contributed by atoms with van der Waals surface area (Å²) in [5.74, 6) is 0. The van der Waals surface area contributed by atoms with Crippen molar-refractivity contribution in [2.75, 3.05) is 7.05 Å². The smallest absolute Gasteiger partial charge is 0.0638 e. The Balaban J connectivity index is 2.03. The third-order valence-electron chi connectivity index (χ3n) is 2.99. The number of hydrogen-bond donors (Lipinski definition) is 0. The van der Waals surface area contributed by atoms with Gasteiger partial charge >= 0.3 is 0 Å². The predicted octanol–water partition coefficient (Wildman–Crippen LogP) is 3.67. The minimum Gasteiger partial charge on any atom is -0.298 e. The summed E-state index contributed by atoms with van der Waals surface area (Å²) in [5, 5.41) is 5.54. The first-order valence-corrected chi connectivity index (χ1v) is 6.83. The van der Waals surface area contributed by atoms with E-state index in [-0.39, 0.29) is 0 Å². The van der Waals surface area contributed by atoms with Crippen molar-refractivity contribution in [2.45, 2.75) is 20.0 Å². The van der Waals surface area contributed by atoms with Gasteiger partial charge in [-0.05, 0) is 31.7 Å². The zero-order valence-electron chi connectivity index (χ0n) is 11.3. The largest absolute Gasteiger partial charge is 0.298 e. The van der Waals surface area contributed by atoms with Crippen molar-refractivity contribution in [1.29, 1.82) is 0 Å². The zero-order chi connectivity index (χ0) is 14.0. The Labute approximate surface area is 123 Å². The Hall–Kier alpha value is -1.03. The van der Waals surface area contributed by atoms with Crippen LogP contribution in [-0.4, -0.2) is 21.7 Å². The molecule has 0 aliphatic carbocycles. The molecule has 0 saturated carbocycles. The van der Waals surface area contributed by atoms with Gasteiger partial charge in [-0.1, -0.05) is 29.3 Å². The maximum absolute atomic E-state index is 6.02. The second kappa shape index (κ2) is 5.95. The molecule has 0 aliphatic heterocycles. The van der Waals surface area contributed by atoms with E-state index in [2.05, 4.69) is 23.2 Å². The molecule has 2 rings (SSSR count). The van der Waals surface area contributed by atoms with E-state index in [0.29, 0.717) is 10.0 Å². The van der Waals surface area contributed by atoms with Gasteiger partial charge in [-0.15, -0.1) is 0 Å². The van der Waals surface area contributed by atoms with Gasteiger partial charge in [-0.3, -0.25) is 9.58 Å². The Morgan fingerprint density at radius 2 is 1.95 bits per heavy atom. The fraction of sp³-hybridized carbons (Fsp3) is 0.357. The second-order valence-corrected chi connectivity index (χ2v) is 5.65. The van der Waals surface area contributed by atoms with Crippen LogP contribution in [0.25, 0.3) is 0 Å². The van der Waals surface area contributed by atoms with E-state index >= 15 is 0 Å². The first-order valence-electron chi connectivity index (χ1n) is 6.07. The Morgan fingerprint density at radius 3 is 2.53 bits per heavy atom. The minimum atomic E-state index is 0.594. The molecule has 0 radical (unpaired) electrons. The molecular formula is C14H17Cl2N3. The number of nitrogens with zero attached hydrogens (tertiary/aromatic N) is 3. The van der Waals surface area contributed by atoms with Crippen LogP contribution in [0.4, 0.5) is 0 Å². The molecule has 0 fully saturated rings. The van der Waals surface area contributed by atoms with Crippen molar-refractivity contribution >= 4 is 23.2 Å². The Morgan fingerprint density at radius 1 is 1.21 bits per heavy atom. The van der Waals surface area contributed by atoms with Crippen molar-refractivity contribution in [3.63, 3.8) is 0 Å². The number of aromatic nitrogens is 2. The van der Waals surface area contributed by atoms with E-state index in [4.69, 9.17) is 23.2 Å². The summed E-state index contributed by atoms with van der Waals surface area (Å²) in [6.45, 7) is 3.72. The third-order valence-corrected chi connectivity index (χ3v) is 3.73. The van der Waals surface area contributed by atoms with Crippen LogP contribution in [0.1, 0.15) is 16.8 Å². The average molecular weight is 298 g/mol. The van der Waals surface area contributed by atoms with Gasteiger partial charge in [0.1, 0.15) is 0 Å². The summed E-state index contributed by atoms with van der Waals surface area (Å²) in [6, 6.07) is 5.75. The molecule has 0 N–H and O–H groups in total. The Kier molecular flexibility index (Phi) is 4.50. The van der Waals surface area contributed by atoms with Crippen LogP contribution in [0.15, 0.2) is 24.4 Å². The van der Waals surface area contributed by atoms with E-state index in [1.807, 2.05) is 36.9 Å². The van der Waals surface area contributed by atoms with E-state index in [1.54, 1.807) is 0 Å². The molecule has 0 atom stereocenters. The van der Waals surface area contributed by atoms with E-state index in [9.17, 15) is 0 Å². The van der Waals surface area contributed by atoms with E-state index in [1.165, 1.54) is 5.56 Å². The molecule has 0 bridgehead atoms. The quantitative estimate of drug-likeness (QED) is 0.859. The maximum Gasteiger partial charge on any atom is 0.0638 e. The number of rotatable bonds is 4. The fourth-order valence-corrected chi connectivity index (χ4v) is 2.42. The number of hydrogen-bond acceptors (Lipinski definition) is 2. The lowest BCUT2D eigenvalue weighted by Crippen LogP contribution is -2.17. The van der Waals surface area contributed by atoms with Crippen molar-refractivity contribution in [3.05, 3.63) is 51.3 Å². The standard InChI is InChI=1S/C14H17Cl2N3/c1-10-12(9-19(3)17-10)8-18(2)7-11-4-5-13(15)14(16)6-11/h4-6,9H,7-8H2,1-3H3. The van der Waals surface area contributed by atoms with Crippen LogP contribution in [0.5, 0.6) is 0 Å². The summed E-state index contributed by atoms with van der Waals surface area (Å²) < 4.78 is 1.84. The van der Waals surface area contributed by atoms with Gasteiger partial charge in [0, 0.05) is 31.9 Å². The highest BCUT2D eigenvalue weighted by molar-refractivity contribution is 6.42. The van der Waals surface area contributed by atoms with Crippen molar-refractivity contribution in [1.82, 2.24) is 14.7 Å². The lowest BCUT2D eigenvalue weighted by molar-refractivity contribution is 0.318. The van der Waals surface area contributed by atoms with Crippen LogP contribution in [0.2, 0.25) is 10.0 Å². The van der Waals surface area contributed by atoms with Crippen molar-refractivity contribution in [3.8, 4) is 0 Å². The van der Waals surface area contributed by atoms with Gasteiger partial charge < -0.3 is 0 Å². The molecule has 0 saturated heterocycles. The molecule has 0 spiro atoms. The molecule has 5 heteroatoms. The molecule has 0 unspecified atom stereocenters. The van der Waals surface area contributed by atoms with Crippen molar-refractivity contribution < 1.29 is 0 Å². The summed E-state index contributed by atoms with van der Waals surface area (Å²) in [7, 11) is 4.02. The summed E-state index contributed by atoms with van der Waals surface area (Å²) in [6.07, 6.45) is 2.06. The lowest BCUT2D eigenvalue weighted by atomic mass is 10.2. The highest BCUT2D eigenvalue weighted by Crippen LogP contribution is 2.23. The number of benzene rings is 1. The zero-order valence-corrected chi connectivity index (χ0v) is 12.8. The molecule has 1 aromatic heterocycles. The van der Waals surface area contributed by atoms with E-state index in [0.717, 1.165) is 24.3 Å². The molecule has 19 heavy (non-hydrogen) atoms. The molecular weight excluding hydrogens is 281 g/mol. The predicted molar refractivity (Wildman–Crippen MR) is 79.6 cm³/mol. The number of halogens is 2. The highest BCUT2D eigenvalue weighted by Gasteiger charge is 2.08. The topological polar surface area (TPSA) is 21.1 Å². The minimum absolute atomic E-state index is 0.594. The molecule has 2 aromatic rings. The fourth-order valence-electron chi connectivity index (χ4n) is 2.10.